The fraction of sp³-hybridized carbons (Fsp3) is 0.526. The van der Waals surface area contributed by atoms with Crippen LogP contribution < -0.4 is 16.4 Å². The van der Waals surface area contributed by atoms with Crippen LogP contribution in [0.5, 0.6) is 0 Å². The van der Waals surface area contributed by atoms with E-state index in [0.717, 1.165) is 35.8 Å². The van der Waals surface area contributed by atoms with Gasteiger partial charge >= 0.3 is 11.8 Å². The molecular weight excluding hydrogens is 428 g/mol. The number of halogens is 1. The van der Waals surface area contributed by atoms with E-state index in [-0.39, 0.29) is 24.1 Å². The molecule has 1 aromatic carbocycles. The number of ether oxygens (including phenoxy) is 1. The molecule has 0 spiro atoms. The maximum atomic E-state index is 11.9. The van der Waals surface area contributed by atoms with Gasteiger partial charge in [0.2, 0.25) is 5.89 Å². The quantitative estimate of drug-likeness (QED) is 0.645. The highest BCUT2D eigenvalue weighted by atomic mass is 79.9. The number of benzene rings is 1. The van der Waals surface area contributed by atoms with Gasteiger partial charge in [0.15, 0.2) is 0 Å². The average Bonchev–Trinajstić information content (AvgIpc) is 3.03. The van der Waals surface area contributed by atoms with Gasteiger partial charge in [-0.15, -0.1) is 5.10 Å². The van der Waals surface area contributed by atoms with Gasteiger partial charge in [-0.05, 0) is 80.6 Å². The largest absolute Gasteiger partial charge is 0.444 e. The SMILES string of the molecule is CC(C)(C)OC(=O)NC1CCC(Nc2cc(-c3n[nH]c(=O)o3)ccc2Br)CC1. The molecule has 0 atom stereocenters. The third kappa shape index (κ3) is 5.60. The minimum absolute atomic E-state index is 0.126. The van der Waals surface area contributed by atoms with Gasteiger partial charge in [-0.1, -0.05) is 0 Å². The van der Waals surface area contributed by atoms with Crippen molar-refractivity contribution in [2.45, 2.75) is 64.1 Å². The first-order valence-corrected chi connectivity index (χ1v) is 10.1. The Morgan fingerprint density at radius 1 is 1.25 bits per heavy atom. The minimum Gasteiger partial charge on any atom is -0.444 e. The Morgan fingerprint density at radius 2 is 1.93 bits per heavy atom. The first kappa shape index (κ1) is 20.4. The number of hydrogen-bond donors (Lipinski definition) is 3. The number of nitrogens with zero attached hydrogens (tertiary/aromatic N) is 1. The number of H-pyrrole nitrogens is 1. The van der Waals surface area contributed by atoms with E-state index in [1.54, 1.807) is 0 Å². The summed E-state index contributed by atoms with van der Waals surface area (Å²) in [5.74, 6) is -0.325. The highest BCUT2D eigenvalue weighted by Gasteiger charge is 2.25. The number of aromatic nitrogens is 2. The molecule has 28 heavy (non-hydrogen) atoms. The minimum atomic E-state index is -0.580. The molecule has 1 fully saturated rings. The molecule has 3 N–H and O–H groups in total. The van der Waals surface area contributed by atoms with E-state index in [1.165, 1.54) is 0 Å². The van der Waals surface area contributed by atoms with Gasteiger partial charge < -0.3 is 19.8 Å². The Hall–Kier alpha value is -2.29. The summed E-state index contributed by atoms with van der Waals surface area (Å²) in [6.07, 6.45) is 3.24. The second kappa shape index (κ2) is 8.38. The van der Waals surface area contributed by atoms with E-state index < -0.39 is 11.4 Å². The molecule has 1 aromatic heterocycles. The van der Waals surface area contributed by atoms with Crippen molar-refractivity contribution in [1.82, 2.24) is 15.5 Å². The van der Waals surface area contributed by atoms with Crippen LogP contribution in [-0.2, 0) is 4.74 Å². The van der Waals surface area contributed by atoms with Gasteiger partial charge in [-0.2, -0.15) is 0 Å². The highest BCUT2D eigenvalue weighted by molar-refractivity contribution is 9.10. The smallest absolute Gasteiger partial charge is 0.434 e. The normalized spacial score (nSPS) is 19.9. The number of alkyl carbamates (subject to hydrolysis) is 1. The summed E-state index contributed by atoms with van der Waals surface area (Å²) < 4.78 is 11.3. The maximum absolute atomic E-state index is 11.9. The highest BCUT2D eigenvalue weighted by Crippen LogP contribution is 2.31. The third-order valence-corrected chi connectivity index (χ3v) is 5.15. The lowest BCUT2D eigenvalue weighted by Crippen LogP contribution is -2.42. The van der Waals surface area contributed by atoms with Crippen LogP contribution in [0.25, 0.3) is 11.5 Å². The van der Waals surface area contributed by atoms with Crippen molar-refractivity contribution in [3.05, 3.63) is 33.2 Å². The molecule has 1 amide bonds. The van der Waals surface area contributed by atoms with E-state index in [1.807, 2.05) is 39.0 Å². The summed E-state index contributed by atoms with van der Waals surface area (Å²) in [5, 5.41) is 12.6. The zero-order valence-corrected chi connectivity index (χ0v) is 17.8. The summed E-state index contributed by atoms with van der Waals surface area (Å²) in [7, 11) is 0. The Labute approximate surface area is 171 Å². The van der Waals surface area contributed by atoms with Crippen LogP contribution in [0.1, 0.15) is 46.5 Å². The number of anilines is 1. The second-order valence-electron chi connectivity index (χ2n) is 7.95. The summed E-state index contributed by atoms with van der Waals surface area (Å²) >= 11 is 3.55. The molecule has 1 aliphatic carbocycles. The van der Waals surface area contributed by atoms with Gasteiger partial charge in [0, 0.05) is 27.8 Å². The van der Waals surface area contributed by atoms with Crippen LogP contribution in [0.15, 0.2) is 31.9 Å². The van der Waals surface area contributed by atoms with E-state index in [4.69, 9.17) is 9.15 Å². The van der Waals surface area contributed by atoms with Gasteiger partial charge in [0.05, 0.1) is 0 Å². The van der Waals surface area contributed by atoms with E-state index in [0.29, 0.717) is 5.56 Å². The fourth-order valence-corrected chi connectivity index (χ4v) is 3.56. The summed E-state index contributed by atoms with van der Waals surface area (Å²) in [5.41, 5.74) is 1.13. The predicted octanol–water partition coefficient (Wildman–Crippen LogP) is 4.04. The van der Waals surface area contributed by atoms with E-state index in [9.17, 15) is 9.59 Å². The molecule has 1 saturated carbocycles. The Balaban J connectivity index is 1.56. The van der Waals surface area contributed by atoms with Crippen molar-refractivity contribution in [3.63, 3.8) is 0 Å². The zero-order chi connectivity index (χ0) is 20.3. The van der Waals surface area contributed by atoms with Crippen LogP contribution >= 0.6 is 15.9 Å². The Morgan fingerprint density at radius 3 is 2.54 bits per heavy atom. The lowest BCUT2D eigenvalue weighted by molar-refractivity contribution is 0.0492. The Kier molecular flexibility index (Phi) is 6.12. The number of aromatic amines is 1. The summed E-state index contributed by atoms with van der Waals surface area (Å²) in [4.78, 5) is 23.1. The summed E-state index contributed by atoms with van der Waals surface area (Å²) in [6, 6.07) is 6.03. The molecule has 1 aliphatic rings. The topological polar surface area (TPSA) is 109 Å². The number of nitrogens with one attached hydrogen (secondary N) is 3. The van der Waals surface area contributed by atoms with Crippen molar-refractivity contribution in [2.24, 2.45) is 0 Å². The number of amides is 1. The first-order chi connectivity index (χ1) is 13.2. The molecule has 0 aliphatic heterocycles. The molecule has 8 nitrogen and oxygen atoms in total. The van der Waals surface area contributed by atoms with Crippen LogP contribution in [0.2, 0.25) is 0 Å². The van der Waals surface area contributed by atoms with E-state index >= 15 is 0 Å². The lowest BCUT2D eigenvalue weighted by atomic mass is 9.91. The van der Waals surface area contributed by atoms with Gasteiger partial charge in [0.25, 0.3) is 0 Å². The molecule has 0 bridgehead atoms. The molecule has 1 heterocycles. The number of carbonyl (C=O) groups is 1. The second-order valence-corrected chi connectivity index (χ2v) is 8.81. The van der Waals surface area contributed by atoms with Gasteiger partial charge in [-0.25, -0.2) is 14.7 Å². The Bertz CT molecular complexity index is 879. The molecule has 0 saturated heterocycles. The predicted molar refractivity (Wildman–Crippen MR) is 109 cm³/mol. The van der Waals surface area contributed by atoms with Crippen molar-refractivity contribution in [3.8, 4) is 11.5 Å². The lowest BCUT2D eigenvalue weighted by Gasteiger charge is -2.31. The van der Waals surface area contributed by atoms with Gasteiger partial charge in [0.1, 0.15) is 5.60 Å². The first-order valence-electron chi connectivity index (χ1n) is 9.31. The van der Waals surface area contributed by atoms with Crippen molar-refractivity contribution >= 4 is 27.7 Å². The standard InChI is InChI=1S/C19H25BrN4O4/c1-19(2,3)28-17(25)22-13-7-5-12(6-8-13)21-15-10-11(4-9-14(15)20)16-23-24-18(26)27-16/h4,9-10,12-13,21H,5-8H2,1-3H3,(H,22,25)(H,24,26). The zero-order valence-electron chi connectivity index (χ0n) is 16.2. The average molecular weight is 453 g/mol. The fourth-order valence-electron chi connectivity index (χ4n) is 3.20. The molecule has 3 rings (SSSR count). The van der Waals surface area contributed by atoms with Crippen molar-refractivity contribution in [2.75, 3.05) is 5.32 Å². The van der Waals surface area contributed by atoms with Crippen LogP contribution in [0, 0.1) is 0 Å². The van der Waals surface area contributed by atoms with Gasteiger partial charge in [-0.3, -0.25) is 0 Å². The van der Waals surface area contributed by atoms with Crippen molar-refractivity contribution < 1.29 is 13.9 Å². The third-order valence-electron chi connectivity index (χ3n) is 4.46. The molecule has 152 valence electrons. The molecule has 0 radical (unpaired) electrons. The molecule has 0 unspecified atom stereocenters. The monoisotopic (exact) mass is 452 g/mol. The van der Waals surface area contributed by atoms with E-state index in [2.05, 4.69) is 36.8 Å². The van der Waals surface area contributed by atoms with Crippen LogP contribution in [0.3, 0.4) is 0 Å². The van der Waals surface area contributed by atoms with Crippen LogP contribution in [-0.4, -0.2) is 34.0 Å². The van der Waals surface area contributed by atoms with Crippen LogP contribution in [0.4, 0.5) is 10.5 Å². The maximum Gasteiger partial charge on any atom is 0.434 e. The number of rotatable bonds is 4. The molecule has 2 aromatic rings. The molecular formula is C19H25BrN4O4. The number of carbonyl (C=O) groups excluding carboxylic acids is 1. The summed E-state index contributed by atoms with van der Waals surface area (Å²) in [6.45, 7) is 5.56. The van der Waals surface area contributed by atoms with Crippen molar-refractivity contribution in [1.29, 1.82) is 0 Å². The molecule has 9 heteroatoms. The number of hydrogen-bond acceptors (Lipinski definition) is 6.